The SMILES string of the molecule is CC1OCCC1(O)CNC(=O)Cc1cccc(Br)c1. The van der Waals surface area contributed by atoms with Gasteiger partial charge in [-0.3, -0.25) is 4.79 Å². The van der Waals surface area contributed by atoms with E-state index in [9.17, 15) is 9.90 Å². The molecule has 104 valence electrons. The van der Waals surface area contributed by atoms with E-state index in [1.807, 2.05) is 31.2 Å². The van der Waals surface area contributed by atoms with Gasteiger partial charge in [0.1, 0.15) is 5.60 Å². The summed E-state index contributed by atoms with van der Waals surface area (Å²) in [6, 6.07) is 7.63. The maximum absolute atomic E-state index is 11.9. The van der Waals surface area contributed by atoms with Gasteiger partial charge in [0.05, 0.1) is 12.5 Å². The van der Waals surface area contributed by atoms with Gasteiger partial charge in [0.2, 0.25) is 5.91 Å². The van der Waals surface area contributed by atoms with Gasteiger partial charge in [-0.15, -0.1) is 0 Å². The third-order valence-corrected chi connectivity index (χ3v) is 4.00. The van der Waals surface area contributed by atoms with E-state index in [4.69, 9.17) is 4.74 Å². The van der Waals surface area contributed by atoms with Crippen LogP contribution in [0.3, 0.4) is 0 Å². The van der Waals surface area contributed by atoms with Crippen molar-refractivity contribution in [1.82, 2.24) is 5.32 Å². The van der Waals surface area contributed by atoms with Gasteiger partial charge in [-0.25, -0.2) is 0 Å². The van der Waals surface area contributed by atoms with Gasteiger partial charge in [-0.05, 0) is 24.6 Å². The molecule has 2 rings (SSSR count). The predicted octanol–water partition coefficient (Wildman–Crippen LogP) is 1.65. The van der Waals surface area contributed by atoms with Crippen LogP contribution in [0.5, 0.6) is 0 Å². The van der Waals surface area contributed by atoms with E-state index in [0.717, 1.165) is 10.0 Å². The summed E-state index contributed by atoms with van der Waals surface area (Å²) in [5.74, 6) is -0.0920. The minimum Gasteiger partial charge on any atom is -0.385 e. The molecule has 2 atom stereocenters. The van der Waals surface area contributed by atoms with Crippen molar-refractivity contribution in [2.45, 2.75) is 31.5 Å². The molecule has 1 heterocycles. The Kier molecular flexibility index (Phi) is 4.60. The van der Waals surface area contributed by atoms with Crippen molar-refractivity contribution in [3.63, 3.8) is 0 Å². The predicted molar refractivity (Wildman–Crippen MR) is 75.8 cm³/mol. The van der Waals surface area contributed by atoms with Crippen LogP contribution < -0.4 is 5.32 Å². The third-order valence-electron chi connectivity index (χ3n) is 3.50. The van der Waals surface area contributed by atoms with E-state index in [0.29, 0.717) is 19.4 Å². The molecule has 0 aromatic heterocycles. The average molecular weight is 328 g/mol. The van der Waals surface area contributed by atoms with Crippen LogP contribution in [0.4, 0.5) is 0 Å². The fourth-order valence-corrected chi connectivity index (χ4v) is 2.60. The Morgan fingerprint density at radius 3 is 3.05 bits per heavy atom. The average Bonchev–Trinajstić information content (AvgIpc) is 2.68. The first-order valence-corrected chi connectivity index (χ1v) is 7.14. The van der Waals surface area contributed by atoms with E-state index < -0.39 is 5.60 Å². The molecule has 0 bridgehead atoms. The number of aliphatic hydroxyl groups is 1. The summed E-state index contributed by atoms with van der Waals surface area (Å²) < 4.78 is 6.28. The molecular weight excluding hydrogens is 310 g/mol. The molecule has 4 nitrogen and oxygen atoms in total. The number of hydrogen-bond acceptors (Lipinski definition) is 3. The van der Waals surface area contributed by atoms with E-state index in [-0.39, 0.29) is 18.6 Å². The van der Waals surface area contributed by atoms with Gasteiger partial charge in [0.15, 0.2) is 0 Å². The number of ether oxygens (including phenoxy) is 1. The normalized spacial score (nSPS) is 26.4. The van der Waals surface area contributed by atoms with Gasteiger partial charge in [-0.2, -0.15) is 0 Å². The summed E-state index contributed by atoms with van der Waals surface area (Å²) in [7, 11) is 0. The summed E-state index contributed by atoms with van der Waals surface area (Å²) in [5.41, 5.74) is 0.00186. The topological polar surface area (TPSA) is 58.6 Å². The first-order chi connectivity index (χ1) is 8.99. The zero-order valence-electron chi connectivity index (χ0n) is 10.9. The number of nitrogens with one attached hydrogen (secondary N) is 1. The minimum atomic E-state index is -0.938. The fraction of sp³-hybridized carbons (Fsp3) is 0.500. The Morgan fingerprint density at radius 1 is 1.63 bits per heavy atom. The number of carbonyl (C=O) groups excluding carboxylic acids is 1. The van der Waals surface area contributed by atoms with Crippen molar-refractivity contribution >= 4 is 21.8 Å². The molecule has 1 amide bonds. The lowest BCUT2D eigenvalue weighted by atomic mass is 9.96. The molecule has 1 fully saturated rings. The quantitative estimate of drug-likeness (QED) is 0.884. The van der Waals surface area contributed by atoms with Crippen LogP contribution in [-0.2, 0) is 16.0 Å². The molecule has 0 spiro atoms. The zero-order valence-corrected chi connectivity index (χ0v) is 12.4. The van der Waals surface area contributed by atoms with Crippen LogP contribution >= 0.6 is 15.9 Å². The second-order valence-corrected chi connectivity index (χ2v) is 5.87. The largest absolute Gasteiger partial charge is 0.385 e. The van der Waals surface area contributed by atoms with Crippen LogP contribution in [0.2, 0.25) is 0 Å². The maximum Gasteiger partial charge on any atom is 0.224 e. The van der Waals surface area contributed by atoms with Crippen LogP contribution in [0, 0.1) is 0 Å². The van der Waals surface area contributed by atoms with Gasteiger partial charge >= 0.3 is 0 Å². The summed E-state index contributed by atoms with van der Waals surface area (Å²) in [6.07, 6.45) is 0.634. The lowest BCUT2D eigenvalue weighted by Gasteiger charge is -2.26. The molecule has 0 aliphatic carbocycles. The molecule has 1 aromatic carbocycles. The molecule has 2 N–H and O–H groups in total. The second kappa shape index (κ2) is 6.03. The number of rotatable bonds is 4. The summed E-state index contributed by atoms with van der Waals surface area (Å²) in [5, 5.41) is 13.1. The van der Waals surface area contributed by atoms with Crippen molar-refractivity contribution < 1.29 is 14.6 Å². The number of carbonyl (C=O) groups is 1. The monoisotopic (exact) mass is 327 g/mol. The van der Waals surface area contributed by atoms with E-state index in [2.05, 4.69) is 21.2 Å². The van der Waals surface area contributed by atoms with Crippen LogP contribution in [-0.4, -0.2) is 35.9 Å². The summed E-state index contributed by atoms with van der Waals surface area (Å²) in [6.45, 7) is 2.60. The molecule has 2 unspecified atom stereocenters. The minimum absolute atomic E-state index is 0.0920. The maximum atomic E-state index is 11.9. The summed E-state index contributed by atoms with van der Waals surface area (Å²) in [4.78, 5) is 11.9. The first kappa shape index (κ1) is 14.5. The lowest BCUT2D eigenvalue weighted by Crippen LogP contribution is -2.47. The van der Waals surface area contributed by atoms with Crippen molar-refractivity contribution in [1.29, 1.82) is 0 Å². The van der Waals surface area contributed by atoms with Crippen LogP contribution in [0.25, 0.3) is 0 Å². The Morgan fingerprint density at radius 2 is 2.42 bits per heavy atom. The van der Waals surface area contributed by atoms with Crippen LogP contribution in [0.15, 0.2) is 28.7 Å². The second-order valence-electron chi connectivity index (χ2n) is 4.95. The highest BCUT2D eigenvalue weighted by Crippen LogP contribution is 2.24. The number of hydrogen-bond donors (Lipinski definition) is 2. The van der Waals surface area contributed by atoms with Gasteiger partial charge < -0.3 is 15.2 Å². The first-order valence-electron chi connectivity index (χ1n) is 6.35. The van der Waals surface area contributed by atoms with Crippen LogP contribution in [0.1, 0.15) is 18.9 Å². The van der Waals surface area contributed by atoms with E-state index in [1.54, 1.807) is 0 Å². The van der Waals surface area contributed by atoms with E-state index >= 15 is 0 Å². The highest BCUT2D eigenvalue weighted by atomic mass is 79.9. The Hall–Kier alpha value is -0.910. The molecule has 19 heavy (non-hydrogen) atoms. The molecule has 5 heteroatoms. The third kappa shape index (κ3) is 3.78. The Balaban J connectivity index is 1.85. The standard InChI is InChI=1S/C14H18BrNO3/c1-10-14(18,5-6-19-10)9-16-13(17)8-11-3-2-4-12(15)7-11/h2-4,7,10,18H,5-6,8-9H2,1H3,(H,16,17). The van der Waals surface area contributed by atoms with Gasteiger partial charge in [-0.1, -0.05) is 28.1 Å². The Bertz CT molecular complexity index is 466. The van der Waals surface area contributed by atoms with Gasteiger partial charge in [0, 0.05) is 24.0 Å². The van der Waals surface area contributed by atoms with Gasteiger partial charge in [0.25, 0.3) is 0 Å². The number of halogens is 1. The molecule has 1 aliphatic rings. The van der Waals surface area contributed by atoms with Crippen molar-refractivity contribution in [3.8, 4) is 0 Å². The highest BCUT2D eigenvalue weighted by molar-refractivity contribution is 9.10. The number of amides is 1. The highest BCUT2D eigenvalue weighted by Gasteiger charge is 2.39. The molecule has 1 saturated heterocycles. The molecule has 0 radical (unpaired) electrons. The molecule has 1 aromatic rings. The smallest absolute Gasteiger partial charge is 0.224 e. The van der Waals surface area contributed by atoms with Crippen molar-refractivity contribution in [2.24, 2.45) is 0 Å². The molecular formula is C14H18BrNO3. The van der Waals surface area contributed by atoms with Crippen molar-refractivity contribution in [2.75, 3.05) is 13.2 Å². The zero-order chi connectivity index (χ0) is 13.9. The lowest BCUT2D eigenvalue weighted by molar-refractivity contribution is -0.122. The Labute approximate surface area is 121 Å². The fourth-order valence-electron chi connectivity index (χ4n) is 2.15. The molecule has 0 saturated carbocycles. The van der Waals surface area contributed by atoms with E-state index in [1.165, 1.54) is 0 Å². The molecule has 1 aliphatic heterocycles. The van der Waals surface area contributed by atoms with Crippen molar-refractivity contribution in [3.05, 3.63) is 34.3 Å². The number of benzene rings is 1. The summed E-state index contributed by atoms with van der Waals surface area (Å²) >= 11 is 3.37.